The molecule has 0 unspecified atom stereocenters. The van der Waals surface area contributed by atoms with Gasteiger partial charge < -0.3 is 5.32 Å². The van der Waals surface area contributed by atoms with Gasteiger partial charge in [-0.1, -0.05) is 11.6 Å². The molecule has 0 saturated heterocycles. The highest BCUT2D eigenvalue weighted by Crippen LogP contribution is 2.32. The fourth-order valence-electron chi connectivity index (χ4n) is 1.60. The summed E-state index contributed by atoms with van der Waals surface area (Å²) in [5.41, 5.74) is 1.64. The Kier molecular flexibility index (Phi) is 3.29. The standard InChI is InChI=1S/C13H10ClF2N/c1-17-9-3-5-12(14)11(7-9)10-4-2-8(15)6-13(10)16/h2-7,17H,1H3. The maximum absolute atomic E-state index is 13.6. The van der Waals surface area contributed by atoms with Crippen molar-refractivity contribution in [3.8, 4) is 11.1 Å². The Morgan fingerprint density at radius 1 is 1.00 bits per heavy atom. The van der Waals surface area contributed by atoms with E-state index in [0.29, 0.717) is 10.6 Å². The van der Waals surface area contributed by atoms with Gasteiger partial charge in [-0.3, -0.25) is 0 Å². The minimum Gasteiger partial charge on any atom is -0.388 e. The van der Waals surface area contributed by atoms with E-state index in [-0.39, 0.29) is 5.56 Å². The molecule has 0 spiro atoms. The first kappa shape index (κ1) is 11.9. The lowest BCUT2D eigenvalue weighted by Gasteiger charge is -2.08. The molecular weight excluding hydrogens is 244 g/mol. The van der Waals surface area contributed by atoms with Gasteiger partial charge in [-0.25, -0.2) is 8.78 Å². The van der Waals surface area contributed by atoms with Gasteiger partial charge >= 0.3 is 0 Å². The zero-order valence-electron chi connectivity index (χ0n) is 9.10. The van der Waals surface area contributed by atoms with Gasteiger partial charge in [0.15, 0.2) is 0 Å². The predicted octanol–water partition coefficient (Wildman–Crippen LogP) is 4.33. The fraction of sp³-hybridized carbons (Fsp3) is 0.0769. The van der Waals surface area contributed by atoms with Gasteiger partial charge in [0.25, 0.3) is 0 Å². The minimum atomic E-state index is -0.625. The Morgan fingerprint density at radius 2 is 1.76 bits per heavy atom. The predicted molar refractivity (Wildman–Crippen MR) is 66.4 cm³/mol. The molecule has 0 heterocycles. The molecule has 17 heavy (non-hydrogen) atoms. The van der Waals surface area contributed by atoms with Crippen LogP contribution in [0.2, 0.25) is 5.02 Å². The zero-order chi connectivity index (χ0) is 12.4. The highest BCUT2D eigenvalue weighted by molar-refractivity contribution is 6.33. The molecule has 2 aromatic rings. The van der Waals surface area contributed by atoms with Gasteiger partial charge in [-0.15, -0.1) is 0 Å². The summed E-state index contributed by atoms with van der Waals surface area (Å²) in [6.45, 7) is 0. The Labute approximate surface area is 103 Å². The number of hydrogen-bond donors (Lipinski definition) is 1. The summed E-state index contributed by atoms with van der Waals surface area (Å²) >= 11 is 6.01. The van der Waals surface area contributed by atoms with Crippen LogP contribution in [0, 0.1) is 11.6 Å². The molecule has 0 amide bonds. The van der Waals surface area contributed by atoms with Crippen LogP contribution in [0.15, 0.2) is 36.4 Å². The molecule has 2 rings (SSSR count). The molecule has 0 fully saturated rings. The van der Waals surface area contributed by atoms with E-state index >= 15 is 0 Å². The zero-order valence-corrected chi connectivity index (χ0v) is 9.85. The molecule has 88 valence electrons. The number of nitrogens with one attached hydrogen (secondary N) is 1. The SMILES string of the molecule is CNc1ccc(Cl)c(-c2ccc(F)cc2F)c1. The van der Waals surface area contributed by atoms with Gasteiger partial charge in [-0.05, 0) is 30.3 Å². The average Bonchev–Trinajstić information content (AvgIpc) is 2.30. The van der Waals surface area contributed by atoms with E-state index < -0.39 is 11.6 Å². The normalized spacial score (nSPS) is 10.4. The number of anilines is 1. The Bertz CT molecular complexity index is 555. The Balaban J connectivity index is 2.59. The van der Waals surface area contributed by atoms with Crippen molar-refractivity contribution in [2.24, 2.45) is 0 Å². The summed E-state index contributed by atoms with van der Waals surface area (Å²) in [7, 11) is 1.76. The number of rotatable bonds is 2. The molecule has 0 bridgehead atoms. The van der Waals surface area contributed by atoms with E-state index in [1.807, 2.05) is 0 Å². The van der Waals surface area contributed by atoms with Gasteiger partial charge in [0, 0.05) is 35.0 Å². The van der Waals surface area contributed by atoms with Gasteiger partial charge in [0.05, 0.1) is 0 Å². The van der Waals surface area contributed by atoms with Gasteiger partial charge in [0.2, 0.25) is 0 Å². The van der Waals surface area contributed by atoms with Crippen molar-refractivity contribution in [2.75, 3.05) is 12.4 Å². The number of halogens is 3. The molecular formula is C13H10ClF2N. The molecule has 0 atom stereocenters. The molecule has 2 aromatic carbocycles. The second kappa shape index (κ2) is 4.72. The van der Waals surface area contributed by atoms with Crippen LogP contribution in [-0.4, -0.2) is 7.05 Å². The quantitative estimate of drug-likeness (QED) is 0.840. The summed E-state index contributed by atoms with van der Waals surface area (Å²) in [4.78, 5) is 0. The maximum atomic E-state index is 13.6. The topological polar surface area (TPSA) is 12.0 Å². The summed E-state index contributed by atoms with van der Waals surface area (Å²) in [6, 6.07) is 8.61. The van der Waals surface area contributed by atoms with Crippen LogP contribution < -0.4 is 5.32 Å². The van der Waals surface area contributed by atoms with E-state index in [1.54, 1.807) is 25.2 Å². The van der Waals surface area contributed by atoms with E-state index in [1.165, 1.54) is 12.1 Å². The van der Waals surface area contributed by atoms with Crippen molar-refractivity contribution >= 4 is 17.3 Å². The minimum absolute atomic E-state index is 0.286. The Morgan fingerprint density at radius 3 is 2.41 bits per heavy atom. The maximum Gasteiger partial charge on any atom is 0.133 e. The summed E-state index contributed by atoms with van der Waals surface area (Å²) in [6.07, 6.45) is 0. The van der Waals surface area contributed by atoms with Crippen LogP contribution in [0.3, 0.4) is 0 Å². The molecule has 0 aromatic heterocycles. The van der Waals surface area contributed by atoms with Crippen LogP contribution in [0.4, 0.5) is 14.5 Å². The summed E-state index contributed by atoms with van der Waals surface area (Å²) < 4.78 is 26.5. The third-order valence-electron chi connectivity index (χ3n) is 2.48. The smallest absolute Gasteiger partial charge is 0.133 e. The third kappa shape index (κ3) is 2.39. The fourth-order valence-corrected chi connectivity index (χ4v) is 1.81. The Hall–Kier alpha value is -1.61. The van der Waals surface area contributed by atoms with Crippen molar-refractivity contribution in [3.05, 3.63) is 53.1 Å². The molecule has 0 saturated carbocycles. The van der Waals surface area contributed by atoms with Crippen LogP contribution in [0.1, 0.15) is 0 Å². The number of hydrogen-bond acceptors (Lipinski definition) is 1. The van der Waals surface area contributed by atoms with Crippen molar-refractivity contribution in [1.82, 2.24) is 0 Å². The first-order valence-corrected chi connectivity index (χ1v) is 5.42. The first-order chi connectivity index (χ1) is 8.11. The average molecular weight is 254 g/mol. The largest absolute Gasteiger partial charge is 0.388 e. The van der Waals surface area contributed by atoms with E-state index in [9.17, 15) is 8.78 Å². The van der Waals surface area contributed by atoms with E-state index in [4.69, 9.17) is 11.6 Å². The van der Waals surface area contributed by atoms with Crippen LogP contribution in [-0.2, 0) is 0 Å². The molecule has 0 aliphatic carbocycles. The monoisotopic (exact) mass is 253 g/mol. The van der Waals surface area contributed by atoms with Crippen molar-refractivity contribution in [2.45, 2.75) is 0 Å². The molecule has 0 aliphatic rings. The van der Waals surface area contributed by atoms with E-state index in [0.717, 1.165) is 11.8 Å². The molecule has 4 heteroatoms. The van der Waals surface area contributed by atoms with Crippen molar-refractivity contribution < 1.29 is 8.78 Å². The molecule has 0 radical (unpaired) electrons. The first-order valence-electron chi connectivity index (χ1n) is 5.04. The highest BCUT2D eigenvalue weighted by Gasteiger charge is 2.10. The summed E-state index contributed by atoms with van der Waals surface area (Å²) in [5, 5.41) is 3.37. The lowest BCUT2D eigenvalue weighted by Crippen LogP contribution is -1.91. The van der Waals surface area contributed by atoms with E-state index in [2.05, 4.69) is 5.32 Å². The van der Waals surface area contributed by atoms with Crippen molar-refractivity contribution in [3.63, 3.8) is 0 Å². The second-order valence-electron chi connectivity index (χ2n) is 3.57. The van der Waals surface area contributed by atoms with Crippen LogP contribution >= 0.6 is 11.6 Å². The van der Waals surface area contributed by atoms with Gasteiger partial charge in [0.1, 0.15) is 11.6 Å². The molecule has 1 nitrogen and oxygen atoms in total. The highest BCUT2D eigenvalue weighted by atomic mass is 35.5. The molecule has 0 aliphatic heterocycles. The number of benzene rings is 2. The lowest BCUT2D eigenvalue weighted by molar-refractivity contribution is 0.585. The van der Waals surface area contributed by atoms with Crippen LogP contribution in [0.25, 0.3) is 11.1 Å². The lowest BCUT2D eigenvalue weighted by atomic mass is 10.0. The third-order valence-corrected chi connectivity index (χ3v) is 2.81. The molecule has 1 N–H and O–H groups in total. The summed E-state index contributed by atoms with van der Waals surface area (Å²) in [5.74, 6) is -1.23. The second-order valence-corrected chi connectivity index (χ2v) is 3.98. The van der Waals surface area contributed by atoms with Gasteiger partial charge in [-0.2, -0.15) is 0 Å². The van der Waals surface area contributed by atoms with Crippen molar-refractivity contribution in [1.29, 1.82) is 0 Å². The van der Waals surface area contributed by atoms with Crippen LogP contribution in [0.5, 0.6) is 0 Å².